The number of amides is 2. The zero-order valence-electron chi connectivity index (χ0n) is 9.82. The molecule has 2 amide bonds. The Bertz CT molecular complexity index is 336. The van der Waals surface area contributed by atoms with Crippen LogP contribution in [0.3, 0.4) is 0 Å². The van der Waals surface area contributed by atoms with Crippen LogP contribution in [0.25, 0.3) is 0 Å². The standard InChI is InChI=1S/C12H19N2O2/c1-10(14-8-3-5-12(14)16)6-9-13-7-2-4-11(13)15/h9-10H,2-8H2,1H3/q+1. The summed E-state index contributed by atoms with van der Waals surface area (Å²) in [4.78, 5) is 24.8. The molecule has 88 valence electrons. The first kappa shape index (κ1) is 11.3. The summed E-state index contributed by atoms with van der Waals surface area (Å²) < 4.78 is 1.80. The molecule has 1 atom stereocenters. The SMILES string of the molecule is CC(CC=[N+]1CCCC1=O)N1CCCC1=O. The molecular weight excluding hydrogens is 204 g/mol. The fourth-order valence-electron chi connectivity index (χ4n) is 2.40. The van der Waals surface area contributed by atoms with Gasteiger partial charge in [0.1, 0.15) is 0 Å². The molecule has 2 aliphatic rings. The van der Waals surface area contributed by atoms with E-state index in [1.54, 1.807) is 4.58 Å². The molecule has 0 saturated carbocycles. The van der Waals surface area contributed by atoms with E-state index < -0.39 is 0 Å². The van der Waals surface area contributed by atoms with E-state index in [2.05, 4.69) is 6.92 Å². The molecule has 16 heavy (non-hydrogen) atoms. The minimum Gasteiger partial charge on any atom is -0.339 e. The molecule has 4 heteroatoms. The Morgan fingerprint density at radius 2 is 2.19 bits per heavy atom. The second-order valence-electron chi connectivity index (χ2n) is 4.65. The minimum absolute atomic E-state index is 0.222. The van der Waals surface area contributed by atoms with Crippen molar-refractivity contribution < 1.29 is 14.2 Å². The quantitative estimate of drug-likeness (QED) is 0.664. The number of hydrogen-bond donors (Lipinski definition) is 0. The van der Waals surface area contributed by atoms with Gasteiger partial charge < -0.3 is 4.90 Å². The monoisotopic (exact) mass is 223 g/mol. The van der Waals surface area contributed by atoms with Gasteiger partial charge in [-0.2, -0.15) is 4.58 Å². The summed E-state index contributed by atoms with van der Waals surface area (Å²) in [5, 5.41) is 0. The predicted octanol–water partition coefficient (Wildman–Crippen LogP) is 0.791. The Morgan fingerprint density at radius 3 is 2.75 bits per heavy atom. The lowest BCUT2D eigenvalue weighted by Crippen LogP contribution is -2.35. The van der Waals surface area contributed by atoms with Crippen LogP contribution in [0.4, 0.5) is 0 Å². The Labute approximate surface area is 95.9 Å². The van der Waals surface area contributed by atoms with Crippen LogP contribution >= 0.6 is 0 Å². The lowest BCUT2D eigenvalue weighted by molar-refractivity contribution is -0.429. The minimum atomic E-state index is 0.222. The second kappa shape index (κ2) is 4.76. The third kappa shape index (κ3) is 2.31. The van der Waals surface area contributed by atoms with E-state index in [0.29, 0.717) is 12.8 Å². The van der Waals surface area contributed by atoms with Crippen molar-refractivity contribution in [1.82, 2.24) is 4.90 Å². The lowest BCUT2D eigenvalue weighted by atomic mass is 10.2. The fraction of sp³-hybridized carbons (Fsp3) is 0.750. The summed E-state index contributed by atoms with van der Waals surface area (Å²) in [5.74, 6) is 0.480. The van der Waals surface area contributed by atoms with Gasteiger partial charge in [-0.05, 0) is 13.3 Å². The molecule has 2 saturated heterocycles. The van der Waals surface area contributed by atoms with Crippen molar-refractivity contribution in [3.8, 4) is 0 Å². The Morgan fingerprint density at radius 1 is 1.38 bits per heavy atom. The van der Waals surface area contributed by atoms with Gasteiger partial charge in [0.2, 0.25) is 5.91 Å². The van der Waals surface area contributed by atoms with E-state index in [1.807, 2.05) is 11.1 Å². The van der Waals surface area contributed by atoms with Crippen LogP contribution in [0.15, 0.2) is 0 Å². The summed E-state index contributed by atoms with van der Waals surface area (Å²) in [6.45, 7) is 3.78. The van der Waals surface area contributed by atoms with Gasteiger partial charge in [0.05, 0.1) is 6.42 Å². The maximum Gasteiger partial charge on any atom is 0.386 e. The van der Waals surface area contributed by atoms with Crippen molar-refractivity contribution in [2.24, 2.45) is 0 Å². The summed E-state index contributed by atoms with van der Waals surface area (Å²) in [6, 6.07) is 0.225. The second-order valence-corrected chi connectivity index (χ2v) is 4.65. The first-order chi connectivity index (χ1) is 7.68. The van der Waals surface area contributed by atoms with Crippen LogP contribution < -0.4 is 0 Å². The summed E-state index contributed by atoms with van der Waals surface area (Å²) in [7, 11) is 0. The van der Waals surface area contributed by atoms with Crippen molar-refractivity contribution in [1.29, 1.82) is 0 Å². The molecule has 2 rings (SSSR count). The van der Waals surface area contributed by atoms with Crippen molar-refractivity contribution >= 4 is 18.0 Å². The molecule has 0 radical (unpaired) electrons. The molecule has 2 fully saturated rings. The number of nitrogens with zero attached hydrogens (tertiary/aromatic N) is 2. The van der Waals surface area contributed by atoms with Crippen LogP contribution in [0, 0.1) is 0 Å². The number of carbonyl (C=O) groups is 2. The maximum atomic E-state index is 11.5. The van der Waals surface area contributed by atoms with Gasteiger partial charge >= 0.3 is 5.91 Å². The summed E-state index contributed by atoms with van der Waals surface area (Å²) in [6.07, 6.45) is 6.06. The van der Waals surface area contributed by atoms with Gasteiger partial charge in [0.15, 0.2) is 12.8 Å². The third-order valence-corrected chi connectivity index (χ3v) is 3.42. The normalized spacial score (nSPS) is 25.8. The Hall–Kier alpha value is -1.19. The molecular formula is C12H19N2O2+. The van der Waals surface area contributed by atoms with Crippen LogP contribution in [-0.2, 0) is 9.59 Å². The number of likely N-dealkylation sites (tertiary alicyclic amines) is 1. The molecule has 0 aromatic carbocycles. The highest BCUT2D eigenvalue weighted by molar-refractivity contribution is 5.79. The smallest absolute Gasteiger partial charge is 0.339 e. The molecule has 0 N–H and O–H groups in total. The Balaban J connectivity index is 1.89. The average Bonchev–Trinajstić information content (AvgIpc) is 2.84. The van der Waals surface area contributed by atoms with E-state index >= 15 is 0 Å². The molecule has 0 aromatic rings. The van der Waals surface area contributed by atoms with E-state index in [-0.39, 0.29) is 17.9 Å². The van der Waals surface area contributed by atoms with Gasteiger partial charge in [-0.15, -0.1) is 0 Å². The Kier molecular flexibility index (Phi) is 3.36. The van der Waals surface area contributed by atoms with Crippen LogP contribution in [0.2, 0.25) is 0 Å². The van der Waals surface area contributed by atoms with Crippen molar-refractivity contribution in [3.05, 3.63) is 0 Å². The maximum absolute atomic E-state index is 11.5. The number of hydrogen-bond acceptors (Lipinski definition) is 2. The molecule has 2 aliphatic heterocycles. The molecule has 4 nitrogen and oxygen atoms in total. The van der Waals surface area contributed by atoms with Gasteiger partial charge in [-0.3, -0.25) is 4.79 Å². The average molecular weight is 223 g/mol. The van der Waals surface area contributed by atoms with Gasteiger partial charge in [-0.25, -0.2) is 4.79 Å². The molecule has 0 aliphatic carbocycles. The van der Waals surface area contributed by atoms with Gasteiger partial charge in [0.25, 0.3) is 0 Å². The summed E-state index contributed by atoms with van der Waals surface area (Å²) in [5.41, 5.74) is 0. The molecule has 0 bridgehead atoms. The predicted molar refractivity (Wildman–Crippen MR) is 60.5 cm³/mol. The summed E-state index contributed by atoms with van der Waals surface area (Å²) >= 11 is 0. The third-order valence-electron chi connectivity index (χ3n) is 3.42. The first-order valence-electron chi connectivity index (χ1n) is 6.11. The number of rotatable bonds is 3. The lowest BCUT2D eigenvalue weighted by Gasteiger charge is -2.21. The highest BCUT2D eigenvalue weighted by atomic mass is 16.2. The molecule has 1 unspecified atom stereocenters. The van der Waals surface area contributed by atoms with E-state index in [4.69, 9.17) is 0 Å². The van der Waals surface area contributed by atoms with E-state index in [0.717, 1.165) is 32.4 Å². The molecule has 0 aromatic heterocycles. The van der Waals surface area contributed by atoms with Crippen LogP contribution in [-0.4, -0.2) is 46.6 Å². The zero-order valence-corrected chi connectivity index (χ0v) is 9.82. The highest BCUT2D eigenvalue weighted by Crippen LogP contribution is 2.15. The zero-order chi connectivity index (χ0) is 11.5. The van der Waals surface area contributed by atoms with Crippen LogP contribution in [0.5, 0.6) is 0 Å². The topological polar surface area (TPSA) is 40.4 Å². The first-order valence-corrected chi connectivity index (χ1v) is 6.11. The van der Waals surface area contributed by atoms with Crippen LogP contribution in [0.1, 0.15) is 39.0 Å². The molecule has 0 spiro atoms. The fourth-order valence-corrected chi connectivity index (χ4v) is 2.40. The van der Waals surface area contributed by atoms with E-state index in [9.17, 15) is 9.59 Å². The highest BCUT2D eigenvalue weighted by Gasteiger charge is 2.27. The van der Waals surface area contributed by atoms with Gasteiger partial charge in [-0.1, -0.05) is 0 Å². The van der Waals surface area contributed by atoms with Gasteiger partial charge in [0, 0.05) is 31.8 Å². The van der Waals surface area contributed by atoms with Crippen molar-refractivity contribution in [2.75, 3.05) is 13.1 Å². The van der Waals surface area contributed by atoms with Crippen molar-refractivity contribution in [3.63, 3.8) is 0 Å². The molecule has 2 heterocycles. The van der Waals surface area contributed by atoms with Crippen molar-refractivity contribution in [2.45, 2.75) is 45.1 Å². The van der Waals surface area contributed by atoms with E-state index in [1.165, 1.54) is 0 Å². The number of carbonyl (C=O) groups excluding carboxylic acids is 2. The largest absolute Gasteiger partial charge is 0.386 e.